The summed E-state index contributed by atoms with van der Waals surface area (Å²) in [6, 6.07) is 15.0. The molecule has 3 rings (SSSR count). The summed E-state index contributed by atoms with van der Waals surface area (Å²) in [4.78, 5) is 25.1. The van der Waals surface area contributed by atoms with Crippen molar-refractivity contribution in [3.8, 4) is 0 Å². The molecular weight excluding hydrogens is 362 g/mol. The van der Waals surface area contributed by atoms with E-state index in [2.05, 4.69) is 5.32 Å². The molecule has 0 saturated heterocycles. The van der Waals surface area contributed by atoms with Crippen LogP contribution in [0.1, 0.15) is 38.3 Å². The van der Waals surface area contributed by atoms with Gasteiger partial charge in [-0.25, -0.2) is 4.79 Å². The molecule has 3 aromatic rings. The highest BCUT2D eigenvalue weighted by Gasteiger charge is 2.14. The molecule has 1 amide bonds. The lowest BCUT2D eigenvalue weighted by atomic mass is 10.1. The molecule has 5 nitrogen and oxygen atoms in total. The number of fused-ring (bicyclic) bond motifs is 1. The molecule has 0 radical (unpaired) electrons. The summed E-state index contributed by atoms with van der Waals surface area (Å²) in [5.74, 6) is -0.0864. The highest BCUT2D eigenvalue weighted by atomic mass is 35.5. The number of aryl methyl sites for hydroxylation is 2. The van der Waals surface area contributed by atoms with E-state index in [9.17, 15) is 9.59 Å². The van der Waals surface area contributed by atoms with E-state index in [1.54, 1.807) is 9.13 Å². The first kappa shape index (κ1) is 19.2. The van der Waals surface area contributed by atoms with Crippen molar-refractivity contribution < 1.29 is 4.79 Å². The lowest BCUT2D eigenvalue weighted by Crippen LogP contribution is -2.30. The van der Waals surface area contributed by atoms with Crippen LogP contribution in [0, 0.1) is 0 Å². The maximum Gasteiger partial charge on any atom is 0.329 e. The van der Waals surface area contributed by atoms with Gasteiger partial charge < -0.3 is 5.32 Å². The number of carbonyl (C=O) groups is 1. The van der Waals surface area contributed by atoms with Crippen LogP contribution < -0.4 is 11.0 Å². The second-order valence-electron chi connectivity index (χ2n) is 6.67. The summed E-state index contributed by atoms with van der Waals surface area (Å²) in [6.07, 6.45) is 1.13. The fourth-order valence-electron chi connectivity index (χ4n) is 3.29. The quantitative estimate of drug-likeness (QED) is 0.664. The summed E-state index contributed by atoms with van der Waals surface area (Å²) < 4.78 is 3.47. The number of hydrogen-bond acceptors (Lipinski definition) is 2. The molecule has 0 spiro atoms. The van der Waals surface area contributed by atoms with E-state index in [-0.39, 0.29) is 24.1 Å². The smallest absolute Gasteiger partial charge is 0.329 e. The summed E-state index contributed by atoms with van der Waals surface area (Å²) in [6.45, 7) is 5.01. The molecule has 0 aliphatic rings. The number of aromatic nitrogens is 2. The van der Waals surface area contributed by atoms with Gasteiger partial charge in [0, 0.05) is 24.5 Å². The van der Waals surface area contributed by atoms with Gasteiger partial charge in [-0.15, -0.1) is 0 Å². The summed E-state index contributed by atoms with van der Waals surface area (Å²) in [7, 11) is 0. The highest BCUT2D eigenvalue weighted by Crippen LogP contribution is 2.17. The molecule has 0 bridgehead atoms. The Morgan fingerprint density at radius 3 is 2.22 bits per heavy atom. The van der Waals surface area contributed by atoms with Crippen molar-refractivity contribution in [2.24, 2.45) is 0 Å². The zero-order chi connectivity index (χ0) is 19.4. The molecule has 1 aromatic heterocycles. The number of rotatable bonds is 7. The average molecular weight is 386 g/mol. The second kappa shape index (κ2) is 8.44. The van der Waals surface area contributed by atoms with Crippen LogP contribution in [0.3, 0.4) is 0 Å². The second-order valence-corrected chi connectivity index (χ2v) is 7.10. The first-order valence-electron chi connectivity index (χ1n) is 9.24. The van der Waals surface area contributed by atoms with Crippen molar-refractivity contribution in [1.82, 2.24) is 14.5 Å². The number of para-hydroxylation sites is 2. The van der Waals surface area contributed by atoms with Crippen LogP contribution in [0.4, 0.5) is 0 Å². The molecule has 1 unspecified atom stereocenters. The largest absolute Gasteiger partial charge is 0.350 e. The number of nitrogens with zero attached hydrogens (tertiary/aromatic N) is 2. The van der Waals surface area contributed by atoms with Crippen molar-refractivity contribution in [2.45, 2.75) is 45.8 Å². The first-order valence-corrected chi connectivity index (χ1v) is 9.62. The summed E-state index contributed by atoms with van der Waals surface area (Å²) in [5, 5.41) is 3.65. The summed E-state index contributed by atoms with van der Waals surface area (Å²) >= 11 is 5.90. The van der Waals surface area contributed by atoms with E-state index in [4.69, 9.17) is 11.6 Å². The van der Waals surface area contributed by atoms with Crippen LogP contribution in [0.25, 0.3) is 11.0 Å². The molecule has 6 heteroatoms. The first-order chi connectivity index (χ1) is 13.0. The minimum Gasteiger partial charge on any atom is -0.350 e. The molecule has 0 fully saturated rings. The van der Waals surface area contributed by atoms with E-state index in [1.165, 1.54) is 0 Å². The molecular formula is C21H24ClN3O2. The van der Waals surface area contributed by atoms with E-state index < -0.39 is 0 Å². The number of nitrogens with one attached hydrogen (secondary N) is 1. The van der Waals surface area contributed by atoms with Crippen LogP contribution >= 0.6 is 11.6 Å². The van der Waals surface area contributed by atoms with Crippen LogP contribution in [-0.4, -0.2) is 15.0 Å². The molecule has 0 aliphatic heterocycles. The van der Waals surface area contributed by atoms with E-state index in [1.807, 2.05) is 62.4 Å². The molecule has 1 N–H and O–H groups in total. The molecule has 0 aliphatic carbocycles. The molecule has 2 aromatic carbocycles. The topological polar surface area (TPSA) is 56.0 Å². The van der Waals surface area contributed by atoms with Gasteiger partial charge in [0.25, 0.3) is 0 Å². The van der Waals surface area contributed by atoms with Crippen molar-refractivity contribution >= 4 is 28.5 Å². The molecule has 142 valence electrons. The minimum absolute atomic E-state index is 0.0587. The van der Waals surface area contributed by atoms with Crippen LogP contribution in [0.15, 0.2) is 53.3 Å². The standard InChI is InChI=1S/C21H24ClN3O2/c1-3-13-24-18-6-4-5-7-19(18)25(21(24)27)14-12-20(26)23-15(2)16-8-10-17(22)11-9-16/h4-11,15H,3,12-14H2,1-2H3,(H,23,26). The fraction of sp³-hybridized carbons (Fsp3) is 0.333. The number of hydrogen-bond donors (Lipinski definition) is 1. The highest BCUT2D eigenvalue weighted by molar-refractivity contribution is 6.30. The van der Waals surface area contributed by atoms with Gasteiger partial charge in [-0.3, -0.25) is 13.9 Å². The van der Waals surface area contributed by atoms with Crippen LogP contribution in [-0.2, 0) is 17.9 Å². The van der Waals surface area contributed by atoms with Crippen molar-refractivity contribution in [1.29, 1.82) is 0 Å². The predicted octanol–water partition coefficient (Wildman–Crippen LogP) is 4.13. The van der Waals surface area contributed by atoms with Gasteiger partial charge >= 0.3 is 5.69 Å². The number of amides is 1. The van der Waals surface area contributed by atoms with Crippen molar-refractivity contribution in [3.63, 3.8) is 0 Å². The number of halogens is 1. The maximum atomic E-state index is 12.7. The number of imidazole rings is 1. The van der Waals surface area contributed by atoms with Crippen LogP contribution in [0.5, 0.6) is 0 Å². The van der Waals surface area contributed by atoms with Crippen molar-refractivity contribution in [2.75, 3.05) is 0 Å². The zero-order valence-corrected chi connectivity index (χ0v) is 16.4. The van der Waals surface area contributed by atoms with E-state index >= 15 is 0 Å². The number of benzene rings is 2. The predicted molar refractivity (Wildman–Crippen MR) is 109 cm³/mol. The van der Waals surface area contributed by atoms with Gasteiger partial charge in [0.15, 0.2) is 0 Å². The van der Waals surface area contributed by atoms with Crippen molar-refractivity contribution in [3.05, 3.63) is 69.6 Å². The Morgan fingerprint density at radius 1 is 1.04 bits per heavy atom. The van der Waals surface area contributed by atoms with Gasteiger partial charge in [-0.05, 0) is 43.2 Å². The minimum atomic E-state index is -0.118. The average Bonchev–Trinajstić information content (AvgIpc) is 2.92. The van der Waals surface area contributed by atoms with Gasteiger partial charge in [0.1, 0.15) is 0 Å². The zero-order valence-electron chi connectivity index (χ0n) is 15.6. The fourth-order valence-corrected chi connectivity index (χ4v) is 3.42. The Balaban J connectivity index is 1.71. The lowest BCUT2D eigenvalue weighted by Gasteiger charge is -2.14. The summed E-state index contributed by atoms with van der Waals surface area (Å²) in [5.41, 5.74) is 2.72. The Kier molecular flexibility index (Phi) is 6.01. The molecule has 0 saturated carbocycles. The third-order valence-electron chi connectivity index (χ3n) is 4.68. The normalized spacial score (nSPS) is 12.3. The molecule has 1 atom stereocenters. The third-order valence-corrected chi connectivity index (χ3v) is 4.93. The van der Waals surface area contributed by atoms with Gasteiger partial charge in [-0.1, -0.05) is 42.8 Å². The molecule has 27 heavy (non-hydrogen) atoms. The van der Waals surface area contributed by atoms with Gasteiger partial charge in [0.2, 0.25) is 5.91 Å². The Morgan fingerprint density at radius 2 is 1.63 bits per heavy atom. The Bertz CT molecular complexity index is 989. The molecule has 1 heterocycles. The van der Waals surface area contributed by atoms with E-state index in [0.717, 1.165) is 23.0 Å². The maximum absolute atomic E-state index is 12.7. The Labute approximate surface area is 163 Å². The monoisotopic (exact) mass is 385 g/mol. The third kappa shape index (κ3) is 4.25. The lowest BCUT2D eigenvalue weighted by molar-refractivity contribution is -0.121. The van der Waals surface area contributed by atoms with E-state index in [0.29, 0.717) is 18.1 Å². The Hall–Kier alpha value is -2.53. The SMILES string of the molecule is CCCn1c(=O)n(CCC(=O)NC(C)c2ccc(Cl)cc2)c2ccccc21. The van der Waals surface area contributed by atoms with Crippen LogP contribution in [0.2, 0.25) is 5.02 Å². The van der Waals surface area contributed by atoms with Gasteiger partial charge in [-0.2, -0.15) is 0 Å². The van der Waals surface area contributed by atoms with Gasteiger partial charge in [0.05, 0.1) is 17.1 Å². The number of carbonyl (C=O) groups excluding carboxylic acids is 1.